The second-order valence-electron chi connectivity index (χ2n) is 5.04. The minimum Gasteiger partial charge on any atom is -0.331 e. The van der Waals surface area contributed by atoms with Crippen molar-refractivity contribution in [3.8, 4) is 0 Å². The van der Waals surface area contributed by atoms with Crippen LogP contribution in [0.1, 0.15) is 18.2 Å². The topological polar surface area (TPSA) is 59.2 Å². The summed E-state index contributed by atoms with van der Waals surface area (Å²) in [5.41, 5.74) is 6.86. The Balaban J connectivity index is 0.00000264. The molecule has 1 aromatic carbocycles. The molecule has 23 heavy (non-hydrogen) atoms. The van der Waals surface area contributed by atoms with E-state index >= 15 is 0 Å². The molecule has 0 saturated carbocycles. The largest absolute Gasteiger partial charge is 0.331 e. The lowest BCUT2D eigenvalue weighted by atomic mass is 10.1. The molecule has 0 radical (unpaired) electrons. The highest BCUT2D eigenvalue weighted by Gasteiger charge is 2.20. The number of amides is 1. The van der Waals surface area contributed by atoms with Gasteiger partial charge in [0.2, 0.25) is 5.91 Å². The number of aromatic nitrogens is 1. The van der Waals surface area contributed by atoms with Gasteiger partial charge in [0.1, 0.15) is 5.82 Å². The molecule has 0 bridgehead atoms. The molecule has 1 amide bonds. The Morgan fingerprint density at radius 1 is 1.35 bits per heavy atom. The van der Waals surface area contributed by atoms with E-state index in [1.807, 2.05) is 12.1 Å². The molecule has 7 heteroatoms. The molecule has 4 nitrogen and oxygen atoms in total. The molecule has 1 heterocycles. The van der Waals surface area contributed by atoms with Gasteiger partial charge in [-0.25, -0.2) is 4.39 Å². The van der Waals surface area contributed by atoms with Gasteiger partial charge in [0.15, 0.2) is 0 Å². The van der Waals surface area contributed by atoms with Gasteiger partial charge in [-0.1, -0.05) is 28.1 Å². The number of benzene rings is 1. The highest BCUT2D eigenvalue weighted by atomic mass is 79.9. The molecule has 0 aliphatic carbocycles. The second kappa shape index (κ2) is 8.96. The number of nitrogens with two attached hydrogens (primary N) is 1. The van der Waals surface area contributed by atoms with Gasteiger partial charge in [0.25, 0.3) is 0 Å². The van der Waals surface area contributed by atoms with Gasteiger partial charge in [-0.2, -0.15) is 0 Å². The number of hydrogen-bond donors (Lipinski definition) is 1. The number of pyridine rings is 1. The second-order valence-corrected chi connectivity index (χ2v) is 5.96. The maximum absolute atomic E-state index is 14.0. The van der Waals surface area contributed by atoms with Gasteiger partial charge in [-0.3, -0.25) is 9.78 Å². The Kier molecular flexibility index (Phi) is 7.61. The number of halogens is 3. The predicted molar refractivity (Wildman–Crippen MR) is 93.5 cm³/mol. The van der Waals surface area contributed by atoms with Crippen LogP contribution in [-0.4, -0.2) is 21.8 Å². The van der Waals surface area contributed by atoms with Crippen LogP contribution in [0.2, 0.25) is 0 Å². The van der Waals surface area contributed by atoms with Crippen LogP contribution >= 0.6 is 28.3 Å². The van der Waals surface area contributed by atoms with Gasteiger partial charge >= 0.3 is 0 Å². The maximum atomic E-state index is 14.0. The van der Waals surface area contributed by atoms with Crippen molar-refractivity contribution in [3.63, 3.8) is 0 Å². The molecule has 124 valence electrons. The summed E-state index contributed by atoms with van der Waals surface area (Å²) in [6, 6.07) is 9.59. The molecule has 2 aromatic rings. The first-order valence-corrected chi connectivity index (χ1v) is 7.65. The lowest BCUT2D eigenvalue weighted by molar-refractivity contribution is -0.133. The molecule has 1 atom stereocenters. The van der Waals surface area contributed by atoms with Crippen molar-refractivity contribution in [2.24, 2.45) is 5.73 Å². The summed E-state index contributed by atoms with van der Waals surface area (Å²) in [5.74, 6) is -0.606. The summed E-state index contributed by atoms with van der Waals surface area (Å²) < 4.78 is 14.7. The lowest BCUT2D eigenvalue weighted by Crippen LogP contribution is -2.41. The van der Waals surface area contributed by atoms with Crippen LogP contribution in [-0.2, 0) is 17.9 Å². The Bertz CT molecular complexity index is 655. The fourth-order valence-electron chi connectivity index (χ4n) is 2.04. The van der Waals surface area contributed by atoms with Gasteiger partial charge in [-0.15, -0.1) is 12.4 Å². The van der Waals surface area contributed by atoms with Crippen molar-refractivity contribution in [2.45, 2.75) is 26.1 Å². The van der Waals surface area contributed by atoms with E-state index in [-0.39, 0.29) is 37.2 Å². The summed E-state index contributed by atoms with van der Waals surface area (Å²) in [7, 11) is 0. The fourth-order valence-corrected chi connectivity index (χ4v) is 2.38. The first-order chi connectivity index (χ1) is 10.5. The third kappa shape index (κ3) is 5.57. The summed E-state index contributed by atoms with van der Waals surface area (Å²) in [5, 5.41) is 0. The van der Waals surface area contributed by atoms with Crippen molar-refractivity contribution in [3.05, 3.63) is 64.1 Å². The Hall–Kier alpha value is -1.50. The minimum absolute atomic E-state index is 0. The summed E-state index contributed by atoms with van der Waals surface area (Å²) >= 11 is 3.22. The average molecular weight is 403 g/mol. The van der Waals surface area contributed by atoms with Gasteiger partial charge in [0.05, 0.1) is 18.3 Å². The van der Waals surface area contributed by atoms with Gasteiger partial charge < -0.3 is 10.6 Å². The van der Waals surface area contributed by atoms with E-state index in [4.69, 9.17) is 5.73 Å². The third-order valence-electron chi connectivity index (χ3n) is 3.16. The van der Waals surface area contributed by atoms with E-state index in [1.165, 1.54) is 11.0 Å². The molecule has 0 saturated heterocycles. The van der Waals surface area contributed by atoms with Crippen LogP contribution in [0.3, 0.4) is 0 Å². The Morgan fingerprint density at radius 3 is 2.65 bits per heavy atom. The van der Waals surface area contributed by atoms with Crippen LogP contribution in [0.4, 0.5) is 4.39 Å². The molecule has 2 N–H and O–H groups in total. The SMILES string of the molecule is CC(N)C(=O)N(Cc1ccccn1)Cc1ccc(Br)cc1F.Cl. The molecule has 0 aliphatic heterocycles. The predicted octanol–water partition coefficient (Wildman–Crippen LogP) is 3.28. The molecular formula is C16H18BrClFN3O. The molecule has 1 aromatic heterocycles. The number of carbonyl (C=O) groups excluding carboxylic acids is 1. The molecular weight excluding hydrogens is 385 g/mol. The molecule has 0 aliphatic rings. The van der Waals surface area contributed by atoms with Crippen molar-refractivity contribution in [2.75, 3.05) is 0 Å². The number of rotatable bonds is 5. The van der Waals surface area contributed by atoms with Crippen LogP contribution in [0.25, 0.3) is 0 Å². The van der Waals surface area contributed by atoms with E-state index in [2.05, 4.69) is 20.9 Å². The van der Waals surface area contributed by atoms with Crippen molar-refractivity contribution in [1.29, 1.82) is 0 Å². The summed E-state index contributed by atoms with van der Waals surface area (Å²) in [6.45, 7) is 2.05. The van der Waals surface area contributed by atoms with Crippen LogP contribution < -0.4 is 5.73 Å². The van der Waals surface area contributed by atoms with E-state index in [0.29, 0.717) is 10.0 Å². The Labute approximate surface area is 149 Å². The van der Waals surface area contributed by atoms with Crippen molar-refractivity contribution in [1.82, 2.24) is 9.88 Å². The first-order valence-electron chi connectivity index (χ1n) is 6.85. The van der Waals surface area contributed by atoms with E-state index in [9.17, 15) is 9.18 Å². The molecule has 0 spiro atoms. The summed E-state index contributed by atoms with van der Waals surface area (Å²) in [4.78, 5) is 18.0. The number of nitrogens with zero attached hydrogens (tertiary/aromatic N) is 2. The zero-order valence-electron chi connectivity index (χ0n) is 12.6. The first kappa shape index (κ1) is 19.5. The van der Waals surface area contributed by atoms with Gasteiger partial charge in [0, 0.05) is 22.8 Å². The molecule has 1 unspecified atom stereocenters. The molecule has 0 fully saturated rings. The van der Waals surface area contributed by atoms with E-state index < -0.39 is 6.04 Å². The van der Waals surface area contributed by atoms with Crippen LogP contribution in [0, 0.1) is 5.82 Å². The van der Waals surface area contributed by atoms with Gasteiger partial charge in [-0.05, 0) is 31.2 Å². The quantitative estimate of drug-likeness (QED) is 0.835. The normalized spacial score (nSPS) is 11.5. The van der Waals surface area contributed by atoms with Crippen LogP contribution in [0.5, 0.6) is 0 Å². The number of hydrogen-bond acceptors (Lipinski definition) is 3. The fraction of sp³-hybridized carbons (Fsp3) is 0.250. The maximum Gasteiger partial charge on any atom is 0.239 e. The molecule has 2 rings (SSSR count). The lowest BCUT2D eigenvalue weighted by Gasteiger charge is -2.24. The average Bonchev–Trinajstić information content (AvgIpc) is 2.49. The minimum atomic E-state index is -0.651. The smallest absolute Gasteiger partial charge is 0.239 e. The van der Waals surface area contributed by atoms with Crippen LogP contribution in [0.15, 0.2) is 47.1 Å². The zero-order chi connectivity index (χ0) is 16.1. The van der Waals surface area contributed by atoms with Crippen molar-refractivity contribution < 1.29 is 9.18 Å². The monoisotopic (exact) mass is 401 g/mol. The third-order valence-corrected chi connectivity index (χ3v) is 3.65. The van der Waals surface area contributed by atoms with E-state index in [0.717, 1.165) is 5.69 Å². The Morgan fingerprint density at radius 2 is 2.09 bits per heavy atom. The highest BCUT2D eigenvalue weighted by molar-refractivity contribution is 9.10. The standard InChI is InChI=1S/C16H17BrFN3O.ClH/c1-11(19)16(22)21(10-14-4-2-3-7-20-14)9-12-5-6-13(17)8-15(12)18;/h2-8,11H,9-10,19H2,1H3;1H. The summed E-state index contributed by atoms with van der Waals surface area (Å²) in [6.07, 6.45) is 1.66. The zero-order valence-corrected chi connectivity index (χ0v) is 15.0. The van der Waals surface area contributed by atoms with Crippen molar-refractivity contribution >= 4 is 34.2 Å². The van der Waals surface area contributed by atoms with E-state index in [1.54, 1.807) is 31.3 Å². The number of carbonyl (C=O) groups is 1. The highest BCUT2D eigenvalue weighted by Crippen LogP contribution is 2.18.